The summed E-state index contributed by atoms with van der Waals surface area (Å²) in [6.07, 6.45) is 0. The van der Waals surface area contributed by atoms with E-state index in [-0.39, 0.29) is 5.75 Å². The molecule has 2 aromatic carbocycles. The van der Waals surface area contributed by atoms with Crippen LogP contribution in [0.1, 0.15) is 0 Å². The third-order valence-electron chi connectivity index (χ3n) is 3.04. The zero-order valence-corrected chi connectivity index (χ0v) is 14.1. The monoisotopic (exact) mass is 390 g/mol. The lowest BCUT2D eigenvalue weighted by atomic mass is 10.3. The number of nitrogens with one attached hydrogen (secondary N) is 2. The van der Waals surface area contributed by atoms with E-state index in [0.29, 0.717) is 17.9 Å². The zero-order valence-electron chi connectivity index (χ0n) is 13.3. The Morgan fingerprint density at radius 1 is 1.04 bits per heavy atom. The average molecular weight is 390 g/mol. The minimum absolute atomic E-state index is 0.236. The fraction of sp³-hybridized carbons (Fsp3) is 0.133. The van der Waals surface area contributed by atoms with Gasteiger partial charge in [-0.25, -0.2) is 21.6 Å². The van der Waals surface area contributed by atoms with Crippen LogP contribution >= 0.6 is 0 Å². The van der Waals surface area contributed by atoms with Crippen LogP contribution in [0.25, 0.3) is 0 Å². The van der Waals surface area contributed by atoms with Gasteiger partial charge in [0.1, 0.15) is 4.90 Å². The number of benzene rings is 2. The first kappa shape index (κ1) is 19.5. The highest BCUT2D eigenvalue weighted by atomic mass is 32.2. The van der Waals surface area contributed by atoms with Crippen molar-refractivity contribution < 1.29 is 35.9 Å². The smallest absolute Gasteiger partial charge is 0.272 e. The van der Waals surface area contributed by atoms with E-state index in [4.69, 9.17) is 9.47 Å². The summed E-state index contributed by atoms with van der Waals surface area (Å²) in [6, 6.07) is 7.38. The second-order valence-corrected chi connectivity index (χ2v) is 6.42. The van der Waals surface area contributed by atoms with E-state index in [1.165, 1.54) is 13.2 Å². The van der Waals surface area contributed by atoms with Gasteiger partial charge in [0, 0.05) is 0 Å². The maximum Gasteiger partial charge on any atom is 0.272 e. The topological polar surface area (TPSA) is 93.7 Å². The molecule has 1 amide bonds. The number of methoxy groups -OCH3 is 1. The SMILES string of the molecule is COc1ccccc1OCC(=O)NNS(=O)(=O)c1ccc(F)c(F)c1F. The van der Waals surface area contributed by atoms with Gasteiger partial charge in [-0.2, -0.15) is 0 Å². The Morgan fingerprint density at radius 3 is 2.35 bits per heavy atom. The van der Waals surface area contributed by atoms with E-state index in [1.54, 1.807) is 28.5 Å². The van der Waals surface area contributed by atoms with Crippen molar-refractivity contribution in [2.24, 2.45) is 0 Å². The van der Waals surface area contributed by atoms with Gasteiger partial charge < -0.3 is 9.47 Å². The van der Waals surface area contributed by atoms with Crippen molar-refractivity contribution in [3.63, 3.8) is 0 Å². The molecule has 0 spiro atoms. The maximum atomic E-state index is 13.5. The number of rotatable bonds is 7. The van der Waals surface area contributed by atoms with Crippen LogP contribution < -0.4 is 19.7 Å². The van der Waals surface area contributed by atoms with Crippen molar-refractivity contribution in [3.8, 4) is 11.5 Å². The molecular weight excluding hydrogens is 377 g/mol. The lowest BCUT2D eigenvalue weighted by Gasteiger charge is -2.12. The second kappa shape index (κ2) is 8.06. The molecule has 0 aromatic heterocycles. The van der Waals surface area contributed by atoms with Crippen molar-refractivity contribution in [1.82, 2.24) is 10.3 Å². The van der Waals surface area contributed by atoms with E-state index in [2.05, 4.69) is 0 Å². The minimum Gasteiger partial charge on any atom is -0.493 e. The summed E-state index contributed by atoms with van der Waals surface area (Å²) in [6.45, 7) is -0.594. The number of hydrogen-bond donors (Lipinski definition) is 2. The van der Waals surface area contributed by atoms with Gasteiger partial charge in [-0.05, 0) is 24.3 Å². The third-order valence-corrected chi connectivity index (χ3v) is 4.31. The number of carbonyl (C=O) groups excluding carboxylic acids is 1. The van der Waals surface area contributed by atoms with Gasteiger partial charge in [0.05, 0.1) is 7.11 Å². The van der Waals surface area contributed by atoms with Crippen molar-refractivity contribution in [1.29, 1.82) is 0 Å². The Balaban J connectivity index is 1.99. The molecule has 2 aromatic rings. The highest BCUT2D eigenvalue weighted by Crippen LogP contribution is 2.25. The predicted octanol–water partition coefficient (Wildman–Crippen LogP) is 1.50. The highest BCUT2D eigenvalue weighted by molar-refractivity contribution is 7.89. The normalized spacial score (nSPS) is 11.1. The number of para-hydroxylation sites is 2. The third kappa shape index (κ3) is 4.43. The summed E-state index contributed by atoms with van der Waals surface area (Å²) in [5.74, 6) is -5.74. The molecule has 0 fully saturated rings. The Labute approximate surface area is 146 Å². The molecule has 0 aliphatic carbocycles. The van der Waals surface area contributed by atoms with Crippen molar-refractivity contribution in [2.45, 2.75) is 4.90 Å². The molecule has 7 nitrogen and oxygen atoms in total. The van der Waals surface area contributed by atoms with E-state index >= 15 is 0 Å². The summed E-state index contributed by atoms with van der Waals surface area (Å²) >= 11 is 0. The molecule has 0 bridgehead atoms. The highest BCUT2D eigenvalue weighted by Gasteiger charge is 2.24. The van der Waals surface area contributed by atoms with Crippen LogP contribution in [0.5, 0.6) is 11.5 Å². The van der Waals surface area contributed by atoms with E-state index in [9.17, 15) is 26.4 Å². The fourth-order valence-corrected chi connectivity index (χ4v) is 2.74. The summed E-state index contributed by atoms with van der Waals surface area (Å²) in [4.78, 5) is 12.1. The molecule has 0 unspecified atom stereocenters. The molecule has 0 atom stereocenters. The summed E-state index contributed by atoms with van der Waals surface area (Å²) in [7, 11) is -3.27. The van der Waals surface area contributed by atoms with Crippen molar-refractivity contribution >= 4 is 15.9 Å². The average Bonchev–Trinajstić information content (AvgIpc) is 2.62. The molecule has 0 radical (unpaired) electrons. The molecule has 0 aliphatic heterocycles. The van der Waals surface area contributed by atoms with Gasteiger partial charge in [0.15, 0.2) is 35.6 Å². The number of hydrazine groups is 1. The Bertz CT molecular complexity index is 921. The number of ether oxygens (including phenoxy) is 2. The molecular formula is C15H13F3N2O5S. The van der Waals surface area contributed by atoms with Crippen LogP contribution in [0.4, 0.5) is 13.2 Å². The number of halogens is 3. The zero-order chi connectivity index (χ0) is 19.3. The van der Waals surface area contributed by atoms with Crippen molar-refractivity contribution in [3.05, 3.63) is 53.8 Å². The van der Waals surface area contributed by atoms with Gasteiger partial charge in [0.2, 0.25) is 0 Å². The van der Waals surface area contributed by atoms with Gasteiger partial charge in [-0.15, -0.1) is 4.83 Å². The molecule has 11 heteroatoms. The summed E-state index contributed by atoms with van der Waals surface area (Å²) < 4.78 is 73.5. The molecule has 0 aliphatic rings. The molecule has 0 saturated heterocycles. The van der Waals surface area contributed by atoms with Gasteiger partial charge >= 0.3 is 0 Å². The predicted molar refractivity (Wildman–Crippen MR) is 83.3 cm³/mol. The second-order valence-electron chi connectivity index (χ2n) is 4.77. The Kier molecular flexibility index (Phi) is 6.05. The summed E-state index contributed by atoms with van der Waals surface area (Å²) in [5, 5.41) is 0. The van der Waals surface area contributed by atoms with Gasteiger partial charge in [-0.3, -0.25) is 10.2 Å². The molecule has 2 N–H and O–H groups in total. The van der Waals surface area contributed by atoms with E-state index in [0.717, 1.165) is 0 Å². The summed E-state index contributed by atoms with van der Waals surface area (Å²) in [5.41, 5.74) is 1.76. The lowest BCUT2D eigenvalue weighted by molar-refractivity contribution is -0.123. The molecule has 0 heterocycles. The van der Waals surface area contributed by atoms with Crippen LogP contribution in [0, 0.1) is 17.5 Å². The number of sulfonamides is 1. The van der Waals surface area contributed by atoms with Crippen LogP contribution in [0.15, 0.2) is 41.3 Å². The Morgan fingerprint density at radius 2 is 1.69 bits per heavy atom. The quantitative estimate of drug-likeness (QED) is 0.552. The molecule has 0 saturated carbocycles. The van der Waals surface area contributed by atoms with E-state index < -0.39 is 44.9 Å². The first-order valence-corrected chi connectivity index (χ1v) is 8.44. The molecule has 26 heavy (non-hydrogen) atoms. The van der Waals surface area contributed by atoms with Crippen molar-refractivity contribution in [2.75, 3.05) is 13.7 Å². The molecule has 140 valence electrons. The largest absolute Gasteiger partial charge is 0.493 e. The van der Waals surface area contributed by atoms with Gasteiger partial charge in [-0.1, -0.05) is 12.1 Å². The van der Waals surface area contributed by atoms with E-state index in [1.807, 2.05) is 0 Å². The standard InChI is InChI=1S/C15H13F3N2O5S/c1-24-10-4-2-3-5-11(10)25-8-13(21)19-20-26(22,23)12-7-6-9(16)14(17)15(12)18/h2-7,20H,8H2,1H3,(H,19,21). The fourth-order valence-electron chi connectivity index (χ4n) is 1.81. The first-order chi connectivity index (χ1) is 12.3. The number of hydrogen-bond acceptors (Lipinski definition) is 5. The molecule has 2 rings (SSSR count). The number of amides is 1. The lowest BCUT2D eigenvalue weighted by Crippen LogP contribution is -2.44. The first-order valence-electron chi connectivity index (χ1n) is 6.96. The van der Waals surface area contributed by atoms with Crippen LogP contribution in [-0.4, -0.2) is 28.0 Å². The van der Waals surface area contributed by atoms with Gasteiger partial charge in [0.25, 0.3) is 15.9 Å². The maximum absolute atomic E-state index is 13.5. The van der Waals surface area contributed by atoms with Crippen LogP contribution in [0.3, 0.4) is 0 Å². The van der Waals surface area contributed by atoms with Crippen LogP contribution in [0.2, 0.25) is 0 Å². The van der Waals surface area contributed by atoms with Crippen LogP contribution in [-0.2, 0) is 14.8 Å². The minimum atomic E-state index is -4.66. The Hall–Kier alpha value is -2.79. The number of carbonyl (C=O) groups is 1.